The zero-order valence-electron chi connectivity index (χ0n) is 21.3. The molecule has 2 saturated heterocycles. The maximum absolute atomic E-state index is 13.6. The first-order valence-electron chi connectivity index (χ1n) is 12.6. The lowest BCUT2D eigenvalue weighted by molar-refractivity contribution is -0.129. The fraction of sp³-hybridized carbons (Fsp3) is 0.500. The van der Waals surface area contributed by atoms with Crippen molar-refractivity contribution in [1.82, 2.24) is 10.2 Å². The fourth-order valence-corrected chi connectivity index (χ4v) is 5.49. The van der Waals surface area contributed by atoms with Crippen LogP contribution in [0.1, 0.15) is 49.8 Å². The maximum Gasteiger partial charge on any atom is 0.227 e. The van der Waals surface area contributed by atoms with Crippen LogP contribution in [0.4, 0.5) is 5.69 Å². The number of hydrogen-bond acceptors (Lipinski definition) is 5. The van der Waals surface area contributed by atoms with Crippen molar-refractivity contribution in [3.63, 3.8) is 0 Å². The van der Waals surface area contributed by atoms with E-state index in [2.05, 4.69) is 17.1 Å². The van der Waals surface area contributed by atoms with Gasteiger partial charge in [-0.05, 0) is 69.1 Å². The zero-order valence-corrected chi connectivity index (χ0v) is 21.3. The van der Waals surface area contributed by atoms with Crippen molar-refractivity contribution in [3.8, 4) is 11.5 Å². The van der Waals surface area contributed by atoms with E-state index in [1.165, 1.54) is 6.42 Å². The molecule has 0 radical (unpaired) electrons. The van der Waals surface area contributed by atoms with Crippen molar-refractivity contribution in [1.29, 1.82) is 0 Å². The minimum Gasteiger partial charge on any atom is -0.493 e. The Morgan fingerprint density at radius 1 is 1.06 bits per heavy atom. The van der Waals surface area contributed by atoms with Gasteiger partial charge in [-0.15, -0.1) is 0 Å². The third-order valence-corrected chi connectivity index (χ3v) is 7.41. The predicted molar refractivity (Wildman–Crippen MR) is 137 cm³/mol. The molecule has 2 aliphatic heterocycles. The van der Waals surface area contributed by atoms with Crippen LogP contribution in [0, 0.1) is 12.8 Å². The predicted octanol–water partition coefficient (Wildman–Crippen LogP) is 4.10. The highest BCUT2D eigenvalue weighted by molar-refractivity contribution is 5.97. The monoisotopic (exact) mass is 479 g/mol. The number of carbonyl (C=O) groups is 2. The molecule has 4 rings (SSSR count). The third-order valence-electron chi connectivity index (χ3n) is 7.41. The van der Waals surface area contributed by atoms with Crippen molar-refractivity contribution >= 4 is 17.5 Å². The first-order chi connectivity index (χ1) is 17.0. The van der Waals surface area contributed by atoms with Gasteiger partial charge in [0, 0.05) is 24.7 Å². The molecule has 3 atom stereocenters. The van der Waals surface area contributed by atoms with E-state index in [1.807, 2.05) is 49.4 Å². The number of likely N-dealkylation sites (tertiary alicyclic amines) is 1. The smallest absolute Gasteiger partial charge is 0.227 e. The molecule has 2 fully saturated rings. The Kier molecular flexibility index (Phi) is 7.96. The number of anilines is 1. The van der Waals surface area contributed by atoms with E-state index >= 15 is 0 Å². The summed E-state index contributed by atoms with van der Waals surface area (Å²) in [7, 11) is 3.19. The second kappa shape index (κ2) is 11.1. The van der Waals surface area contributed by atoms with Gasteiger partial charge in [-0.1, -0.05) is 30.7 Å². The summed E-state index contributed by atoms with van der Waals surface area (Å²) in [4.78, 5) is 31.1. The SMILES string of the molecule is CCN1CCC[C@@H]1CNC(=O)[C@@H]1CCC(=O)N(c2ccc(C)cc2)[C@@H]1c1ccc(OC)c(OC)c1. The summed E-state index contributed by atoms with van der Waals surface area (Å²) < 4.78 is 11.0. The van der Waals surface area contributed by atoms with E-state index in [4.69, 9.17) is 9.47 Å². The van der Waals surface area contributed by atoms with Crippen LogP contribution in [0.3, 0.4) is 0 Å². The normalized spacial score (nSPS) is 22.8. The standard InChI is InChI=1S/C28H37N3O4/c1-5-30-16-6-7-22(30)18-29-28(33)23-13-15-26(32)31(21-11-8-19(2)9-12-21)27(23)20-10-14-24(34-3)25(17-20)35-4/h8-12,14,17,22-23,27H,5-7,13,15-16,18H2,1-4H3,(H,29,33)/t22-,23-,27-/m1/s1. The Morgan fingerprint density at radius 3 is 2.49 bits per heavy atom. The molecule has 2 aliphatic rings. The van der Waals surface area contributed by atoms with Crippen LogP contribution in [0.2, 0.25) is 0 Å². The van der Waals surface area contributed by atoms with E-state index in [0.29, 0.717) is 36.9 Å². The second-order valence-corrected chi connectivity index (χ2v) is 9.47. The topological polar surface area (TPSA) is 71.1 Å². The van der Waals surface area contributed by atoms with Gasteiger partial charge in [0.25, 0.3) is 0 Å². The molecule has 7 nitrogen and oxygen atoms in total. The lowest BCUT2D eigenvalue weighted by Gasteiger charge is -2.41. The van der Waals surface area contributed by atoms with Crippen molar-refractivity contribution in [3.05, 3.63) is 53.6 Å². The van der Waals surface area contributed by atoms with E-state index < -0.39 is 6.04 Å². The Bertz CT molecular complexity index is 1040. The minimum absolute atomic E-state index is 0.00245. The molecule has 2 amide bonds. The number of carbonyl (C=O) groups excluding carboxylic acids is 2. The molecule has 0 unspecified atom stereocenters. The van der Waals surface area contributed by atoms with Crippen LogP contribution in [0.5, 0.6) is 11.5 Å². The van der Waals surface area contributed by atoms with Gasteiger partial charge in [-0.3, -0.25) is 14.5 Å². The quantitative estimate of drug-likeness (QED) is 0.617. The van der Waals surface area contributed by atoms with Crippen LogP contribution in [-0.2, 0) is 9.59 Å². The minimum atomic E-state index is -0.440. The van der Waals surface area contributed by atoms with Crippen molar-refractivity contribution in [2.75, 3.05) is 38.8 Å². The number of hydrogen-bond donors (Lipinski definition) is 1. The third kappa shape index (κ3) is 5.30. The van der Waals surface area contributed by atoms with Gasteiger partial charge in [-0.2, -0.15) is 0 Å². The summed E-state index contributed by atoms with van der Waals surface area (Å²) in [5, 5.41) is 3.23. The first kappa shape index (κ1) is 25.0. The van der Waals surface area contributed by atoms with E-state index in [1.54, 1.807) is 19.1 Å². The number of nitrogens with one attached hydrogen (secondary N) is 1. The van der Waals surface area contributed by atoms with Gasteiger partial charge in [0.15, 0.2) is 11.5 Å². The van der Waals surface area contributed by atoms with Gasteiger partial charge >= 0.3 is 0 Å². The van der Waals surface area contributed by atoms with Crippen LogP contribution < -0.4 is 19.7 Å². The summed E-state index contributed by atoms with van der Waals surface area (Å²) in [6.45, 7) is 6.91. The number of methoxy groups -OCH3 is 2. The second-order valence-electron chi connectivity index (χ2n) is 9.47. The number of benzene rings is 2. The lowest BCUT2D eigenvalue weighted by Crippen LogP contribution is -2.50. The molecule has 2 aromatic carbocycles. The summed E-state index contributed by atoms with van der Waals surface area (Å²) in [6.07, 6.45) is 3.11. The van der Waals surface area contributed by atoms with Crippen LogP contribution in [0.25, 0.3) is 0 Å². The molecule has 1 N–H and O–H groups in total. The molecule has 0 spiro atoms. The van der Waals surface area contributed by atoms with Crippen LogP contribution in [0.15, 0.2) is 42.5 Å². The Morgan fingerprint density at radius 2 is 1.80 bits per heavy atom. The molecule has 0 bridgehead atoms. The molecule has 0 saturated carbocycles. The van der Waals surface area contributed by atoms with Crippen molar-refractivity contribution < 1.29 is 19.1 Å². The highest BCUT2D eigenvalue weighted by Crippen LogP contribution is 2.42. The molecular formula is C28H37N3O4. The average Bonchev–Trinajstić information content (AvgIpc) is 3.35. The number of likely N-dealkylation sites (N-methyl/N-ethyl adjacent to an activating group) is 1. The molecule has 35 heavy (non-hydrogen) atoms. The number of rotatable bonds is 8. The summed E-state index contributed by atoms with van der Waals surface area (Å²) in [5.74, 6) is 0.837. The van der Waals surface area contributed by atoms with Gasteiger partial charge in [0.05, 0.1) is 26.2 Å². The Balaban J connectivity index is 1.68. The highest BCUT2D eigenvalue weighted by Gasteiger charge is 2.42. The van der Waals surface area contributed by atoms with Gasteiger partial charge in [-0.25, -0.2) is 0 Å². The van der Waals surface area contributed by atoms with Crippen LogP contribution >= 0.6 is 0 Å². The summed E-state index contributed by atoms with van der Waals surface area (Å²) in [5.41, 5.74) is 2.77. The first-order valence-corrected chi connectivity index (χ1v) is 12.6. The van der Waals surface area contributed by atoms with Gasteiger partial charge in [0.1, 0.15) is 0 Å². The molecule has 7 heteroatoms. The molecular weight excluding hydrogens is 442 g/mol. The van der Waals surface area contributed by atoms with Crippen LogP contribution in [-0.4, -0.2) is 56.6 Å². The molecule has 0 aliphatic carbocycles. The largest absolute Gasteiger partial charge is 0.493 e. The summed E-state index contributed by atoms with van der Waals surface area (Å²) >= 11 is 0. The van der Waals surface area contributed by atoms with Crippen molar-refractivity contribution in [2.45, 2.75) is 51.6 Å². The maximum atomic E-state index is 13.6. The van der Waals surface area contributed by atoms with E-state index in [-0.39, 0.29) is 17.7 Å². The van der Waals surface area contributed by atoms with E-state index in [0.717, 1.165) is 36.3 Å². The fourth-order valence-electron chi connectivity index (χ4n) is 5.49. The summed E-state index contributed by atoms with van der Waals surface area (Å²) in [6, 6.07) is 13.5. The Labute approximate surface area is 208 Å². The van der Waals surface area contributed by atoms with E-state index in [9.17, 15) is 9.59 Å². The number of nitrogens with zero attached hydrogens (tertiary/aromatic N) is 2. The number of amides is 2. The number of aryl methyl sites for hydroxylation is 1. The highest BCUT2D eigenvalue weighted by atomic mass is 16.5. The molecule has 0 aromatic heterocycles. The number of piperidine rings is 1. The van der Waals surface area contributed by atoms with Gasteiger partial charge in [0.2, 0.25) is 11.8 Å². The molecule has 2 aromatic rings. The molecule has 188 valence electrons. The molecule has 2 heterocycles. The average molecular weight is 480 g/mol. The number of ether oxygens (including phenoxy) is 2. The lowest BCUT2D eigenvalue weighted by atomic mass is 9.83. The zero-order chi connectivity index (χ0) is 24.9. The Hall–Kier alpha value is -3.06. The van der Waals surface area contributed by atoms with Crippen molar-refractivity contribution in [2.24, 2.45) is 5.92 Å². The van der Waals surface area contributed by atoms with Gasteiger partial charge < -0.3 is 19.7 Å².